The first kappa shape index (κ1) is 18.0. The number of anilines is 1. The summed E-state index contributed by atoms with van der Waals surface area (Å²) in [5.74, 6) is 2.03. The maximum absolute atomic E-state index is 5.49. The van der Waals surface area contributed by atoms with Crippen molar-refractivity contribution in [3.63, 3.8) is 0 Å². The van der Waals surface area contributed by atoms with Gasteiger partial charge in [0.25, 0.3) is 0 Å². The van der Waals surface area contributed by atoms with Crippen LogP contribution < -0.4 is 4.90 Å². The number of aromatic nitrogens is 2. The number of benzene rings is 1. The van der Waals surface area contributed by atoms with E-state index in [9.17, 15) is 0 Å². The Bertz CT molecular complexity index is 966. The van der Waals surface area contributed by atoms with Crippen LogP contribution in [0.3, 0.4) is 0 Å². The summed E-state index contributed by atoms with van der Waals surface area (Å²) in [6.07, 6.45) is 3.61. The highest BCUT2D eigenvalue weighted by molar-refractivity contribution is 7.19. The predicted octanol–water partition coefficient (Wildman–Crippen LogP) is 3.65. The summed E-state index contributed by atoms with van der Waals surface area (Å²) in [7, 11) is 2.16. The maximum atomic E-state index is 5.49. The summed E-state index contributed by atoms with van der Waals surface area (Å²) in [6.45, 7) is 5.17. The van der Waals surface area contributed by atoms with E-state index in [0.717, 1.165) is 62.3 Å². The van der Waals surface area contributed by atoms with Gasteiger partial charge >= 0.3 is 0 Å². The molecule has 1 fully saturated rings. The van der Waals surface area contributed by atoms with Crippen LogP contribution in [0, 0.1) is 0 Å². The van der Waals surface area contributed by atoms with Crippen LogP contribution in [-0.4, -0.2) is 48.2 Å². The number of morpholine rings is 1. The number of ether oxygens (including phenoxy) is 1. The van der Waals surface area contributed by atoms with Crippen LogP contribution >= 0.6 is 11.3 Å². The molecule has 3 aromatic rings. The Kier molecular flexibility index (Phi) is 5.01. The molecule has 28 heavy (non-hydrogen) atoms. The van der Waals surface area contributed by atoms with Crippen molar-refractivity contribution in [3.8, 4) is 0 Å². The highest BCUT2D eigenvalue weighted by Crippen LogP contribution is 2.40. The van der Waals surface area contributed by atoms with Gasteiger partial charge < -0.3 is 9.64 Å². The van der Waals surface area contributed by atoms with Crippen molar-refractivity contribution >= 4 is 27.4 Å². The normalized spacial score (nSPS) is 17.2. The Morgan fingerprint density at radius 1 is 1.11 bits per heavy atom. The second-order valence-electron chi connectivity index (χ2n) is 7.73. The van der Waals surface area contributed by atoms with Gasteiger partial charge in [-0.15, -0.1) is 11.3 Å². The lowest BCUT2D eigenvalue weighted by Gasteiger charge is -2.26. The lowest BCUT2D eigenvalue weighted by molar-refractivity contribution is 0.0331. The summed E-state index contributed by atoms with van der Waals surface area (Å²) >= 11 is 1.88. The van der Waals surface area contributed by atoms with Crippen LogP contribution in [0.4, 0.5) is 5.82 Å². The van der Waals surface area contributed by atoms with Crippen molar-refractivity contribution in [2.75, 3.05) is 38.3 Å². The molecular weight excluding hydrogens is 368 g/mol. The molecule has 0 amide bonds. The van der Waals surface area contributed by atoms with Gasteiger partial charge in [-0.05, 0) is 30.4 Å². The quantitative estimate of drug-likeness (QED) is 0.661. The van der Waals surface area contributed by atoms with E-state index in [-0.39, 0.29) is 0 Å². The Morgan fingerprint density at radius 3 is 2.75 bits per heavy atom. The smallest absolute Gasteiger partial charge is 0.146 e. The van der Waals surface area contributed by atoms with Crippen LogP contribution in [0.2, 0.25) is 0 Å². The molecule has 0 saturated carbocycles. The molecule has 1 aliphatic heterocycles. The Morgan fingerprint density at radius 2 is 1.93 bits per heavy atom. The molecule has 0 N–H and O–H groups in total. The Balaban J connectivity index is 1.52. The monoisotopic (exact) mass is 394 g/mol. The van der Waals surface area contributed by atoms with E-state index in [1.54, 1.807) is 0 Å². The summed E-state index contributed by atoms with van der Waals surface area (Å²) in [6, 6.07) is 10.6. The maximum Gasteiger partial charge on any atom is 0.146 e. The summed E-state index contributed by atoms with van der Waals surface area (Å²) in [4.78, 5) is 17.4. The van der Waals surface area contributed by atoms with Crippen LogP contribution in [0.1, 0.15) is 28.2 Å². The highest BCUT2D eigenvalue weighted by atomic mass is 32.1. The summed E-state index contributed by atoms with van der Waals surface area (Å²) in [5.41, 5.74) is 2.80. The molecule has 5 rings (SSSR count). The van der Waals surface area contributed by atoms with Gasteiger partial charge in [0.05, 0.1) is 25.1 Å². The van der Waals surface area contributed by atoms with E-state index in [4.69, 9.17) is 14.7 Å². The third kappa shape index (κ3) is 3.52. The first-order valence-electron chi connectivity index (χ1n) is 10.1. The molecule has 6 heteroatoms. The number of rotatable bonds is 5. The molecule has 1 aromatic carbocycles. The van der Waals surface area contributed by atoms with Gasteiger partial charge in [-0.2, -0.15) is 0 Å². The van der Waals surface area contributed by atoms with E-state index in [1.165, 1.54) is 34.2 Å². The van der Waals surface area contributed by atoms with Gasteiger partial charge in [-0.25, -0.2) is 9.97 Å². The van der Waals surface area contributed by atoms with E-state index in [2.05, 4.69) is 47.2 Å². The molecule has 0 radical (unpaired) electrons. The lowest BCUT2D eigenvalue weighted by atomic mass is 10.1. The molecule has 0 spiro atoms. The molecule has 1 saturated heterocycles. The fraction of sp³-hybridized carbons (Fsp3) is 0.455. The number of hydrogen-bond acceptors (Lipinski definition) is 6. The summed E-state index contributed by atoms with van der Waals surface area (Å²) < 4.78 is 5.49. The zero-order chi connectivity index (χ0) is 18.9. The number of thiophene rings is 1. The number of aryl methyl sites for hydroxylation is 2. The second-order valence-corrected chi connectivity index (χ2v) is 8.81. The third-order valence-corrected chi connectivity index (χ3v) is 6.87. The Hall–Kier alpha value is -2.02. The van der Waals surface area contributed by atoms with Crippen LogP contribution in [-0.2, 0) is 30.7 Å². The zero-order valence-electron chi connectivity index (χ0n) is 16.4. The van der Waals surface area contributed by atoms with Gasteiger partial charge in [0.2, 0.25) is 0 Å². The first-order valence-corrected chi connectivity index (χ1v) is 11.0. The average Bonchev–Trinajstić information content (AvgIpc) is 3.30. The fourth-order valence-corrected chi connectivity index (χ4v) is 5.53. The van der Waals surface area contributed by atoms with Crippen molar-refractivity contribution < 1.29 is 4.74 Å². The molecular formula is C22H26N4OS. The van der Waals surface area contributed by atoms with E-state index < -0.39 is 0 Å². The second kappa shape index (κ2) is 7.78. The standard InChI is InChI=1S/C22H26N4OS/c1-25(14-16-6-3-2-4-7-16)21-20-17-8-5-9-18(17)28-22(20)24-19(23-21)15-26-10-12-27-13-11-26/h2-4,6-7H,5,8-15H2,1H3. The summed E-state index contributed by atoms with van der Waals surface area (Å²) in [5, 5.41) is 1.29. The van der Waals surface area contributed by atoms with Crippen molar-refractivity contribution in [3.05, 3.63) is 52.2 Å². The van der Waals surface area contributed by atoms with Crippen molar-refractivity contribution in [2.45, 2.75) is 32.4 Å². The Labute approximate surface area is 170 Å². The largest absolute Gasteiger partial charge is 0.379 e. The number of nitrogens with zero attached hydrogens (tertiary/aromatic N) is 4. The number of hydrogen-bond donors (Lipinski definition) is 0. The van der Waals surface area contributed by atoms with Gasteiger partial charge in [0.1, 0.15) is 16.5 Å². The van der Waals surface area contributed by atoms with E-state index >= 15 is 0 Å². The van der Waals surface area contributed by atoms with Crippen molar-refractivity contribution in [2.24, 2.45) is 0 Å². The minimum absolute atomic E-state index is 0.800. The first-order chi connectivity index (χ1) is 13.8. The van der Waals surface area contributed by atoms with Crippen molar-refractivity contribution in [1.82, 2.24) is 14.9 Å². The molecule has 0 unspecified atom stereocenters. The predicted molar refractivity (Wildman–Crippen MR) is 114 cm³/mol. The van der Waals surface area contributed by atoms with E-state index in [1.807, 2.05) is 11.3 Å². The molecule has 0 atom stereocenters. The highest BCUT2D eigenvalue weighted by Gasteiger charge is 2.24. The minimum atomic E-state index is 0.800. The van der Waals surface area contributed by atoms with Crippen LogP contribution in [0.15, 0.2) is 30.3 Å². The fourth-order valence-electron chi connectivity index (χ4n) is 4.26. The zero-order valence-corrected chi connectivity index (χ0v) is 17.2. The SMILES string of the molecule is CN(Cc1ccccc1)c1nc(CN2CCOCC2)nc2sc3c(c12)CCC3. The van der Waals surface area contributed by atoms with E-state index in [0.29, 0.717) is 0 Å². The van der Waals surface area contributed by atoms with Gasteiger partial charge in [0.15, 0.2) is 0 Å². The average molecular weight is 395 g/mol. The molecule has 3 heterocycles. The molecule has 146 valence electrons. The molecule has 2 aromatic heterocycles. The van der Waals surface area contributed by atoms with Gasteiger partial charge in [-0.1, -0.05) is 30.3 Å². The molecule has 0 bridgehead atoms. The topological polar surface area (TPSA) is 41.5 Å². The van der Waals surface area contributed by atoms with Crippen LogP contribution in [0.5, 0.6) is 0 Å². The third-order valence-electron chi connectivity index (χ3n) is 5.68. The van der Waals surface area contributed by atoms with Crippen molar-refractivity contribution in [1.29, 1.82) is 0 Å². The lowest BCUT2D eigenvalue weighted by Crippen LogP contribution is -2.36. The number of fused-ring (bicyclic) bond motifs is 3. The molecule has 2 aliphatic rings. The van der Waals surface area contributed by atoms with Crippen LogP contribution in [0.25, 0.3) is 10.2 Å². The molecule has 5 nitrogen and oxygen atoms in total. The van der Waals surface area contributed by atoms with Gasteiger partial charge in [0, 0.05) is 31.6 Å². The molecule has 1 aliphatic carbocycles. The minimum Gasteiger partial charge on any atom is -0.379 e. The van der Waals surface area contributed by atoms with Gasteiger partial charge in [-0.3, -0.25) is 4.90 Å².